The van der Waals surface area contributed by atoms with E-state index in [2.05, 4.69) is 5.32 Å². The number of benzene rings is 2. The summed E-state index contributed by atoms with van der Waals surface area (Å²) in [6.45, 7) is 12.4. The number of amides is 1. The molecular weight excluding hydrogens is 577 g/mol. The number of nitrogens with one attached hydrogen (secondary N) is 1. The van der Waals surface area contributed by atoms with Crippen LogP contribution in [0.3, 0.4) is 0 Å². The van der Waals surface area contributed by atoms with E-state index in [4.69, 9.17) is 32.5 Å². The van der Waals surface area contributed by atoms with Gasteiger partial charge in [-0.05, 0) is 77.3 Å². The van der Waals surface area contributed by atoms with Crippen LogP contribution >= 0.6 is 7.82 Å². The summed E-state index contributed by atoms with van der Waals surface area (Å²) >= 11 is 0. The van der Waals surface area contributed by atoms with Gasteiger partial charge in [-0.1, -0.05) is 49.7 Å². The molecule has 238 valence electrons. The van der Waals surface area contributed by atoms with Crippen LogP contribution in [0.1, 0.15) is 72.4 Å². The predicted octanol–water partition coefficient (Wildman–Crippen LogP) is 7.40. The van der Waals surface area contributed by atoms with E-state index in [1.807, 2.05) is 37.3 Å². The van der Waals surface area contributed by atoms with Crippen molar-refractivity contribution in [2.24, 2.45) is 0 Å². The van der Waals surface area contributed by atoms with Gasteiger partial charge in [0.15, 0.2) is 11.5 Å². The minimum atomic E-state index is -4.00. The molecule has 0 saturated carbocycles. The van der Waals surface area contributed by atoms with Crippen molar-refractivity contribution in [2.75, 3.05) is 20.5 Å². The van der Waals surface area contributed by atoms with Crippen molar-refractivity contribution in [3.63, 3.8) is 0 Å². The lowest BCUT2D eigenvalue weighted by atomic mass is 10.1. The van der Waals surface area contributed by atoms with E-state index in [0.717, 1.165) is 18.4 Å². The van der Waals surface area contributed by atoms with Crippen molar-refractivity contribution in [2.45, 2.75) is 79.1 Å². The molecule has 0 aliphatic heterocycles. The summed E-state index contributed by atoms with van der Waals surface area (Å²) in [6, 6.07) is 14.0. The fraction of sp³-hybridized carbons (Fsp3) is 0.484. The Kier molecular flexibility index (Phi) is 13.7. The van der Waals surface area contributed by atoms with E-state index in [0.29, 0.717) is 23.7 Å². The zero-order chi connectivity index (χ0) is 32.1. The highest BCUT2D eigenvalue weighted by Gasteiger charge is 2.37. The van der Waals surface area contributed by atoms with Gasteiger partial charge in [-0.25, -0.2) is 18.7 Å². The minimum absolute atomic E-state index is 0.0270. The van der Waals surface area contributed by atoms with Crippen LogP contribution in [0.4, 0.5) is 4.79 Å². The summed E-state index contributed by atoms with van der Waals surface area (Å²) in [5, 5.41) is 2.44. The maximum Gasteiger partial charge on any atom is 0.478 e. The first-order valence-corrected chi connectivity index (χ1v) is 15.4. The highest BCUT2D eigenvalue weighted by atomic mass is 31.2. The van der Waals surface area contributed by atoms with Crippen molar-refractivity contribution in [3.05, 3.63) is 65.4 Å². The zero-order valence-electron chi connectivity index (χ0n) is 26.3. The fourth-order valence-corrected chi connectivity index (χ4v) is 5.03. The molecule has 1 amide bonds. The number of esters is 1. The molecule has 0 unspecified atom stereocenters. The molecule has 0 heterocycles. The Morgan fingerprint density at radius 3 is 2.14 bits per heavy atom. The Hall–Kier alpha value is -3.37. The summed E-state index contributed by atoms with van der Waals surface area (Å²) in [7, 11) is -2.80. The Balaban J connectivity index is 2.24. The van der Waals surface area contributed by atoms with Crippen molar-refractivity contribution >= 4 is 26.0 Å². The Morgan fingerprint density at radius 1 is 0.907 bits per heavy atom. The lowest BCUT2D eigenvalue weighted by molar-refractivity contribution is -0.136. The fourth-order valence-electron chi connectivity index (χ4n) is 3.36. The minimum Gasteiger partial charge on any atom is -0.490 e. The van der Waals surface area contributed by atoms with Gasteiger partial charge in [0.05, 0.1) is 24.9 Å². The largest absolute Gasteiger partial charge is 0.490 e. The third-order valence-corrected chi connectivity index (χ3v) is 7.05. The monoisotopic (exact) mass is 621 g/mol. The van der Waals surface area contributed by atoms with Gasteiger partial charge in [0.25, 0.3) is 0 Å². The van der Waals surface area contributed by atoms with Gasteiger partial charge in [-0.15, -0.1) is 0 Å². The topological polar surface area (TPSA) is 128 Å². The van der Waals surface area contributed by atoms with Crippen LogP contribution in [0.2, 0.25) is 0 Å². The van der Waals surface area contributed by atoms with Crippen LogP contribution in [0.15, 0.2) is 54.2 Å². The summed E-state index contributed by atoms with van der Waals surface area (Å²) in [4.78, 5) is 24.9. The average molecular weight is 622 g/mol. The molecule has 0 atom stereocenters. The summed E-state index contributed by atoms with van der Waals surface area (Å²) in [5.41, 5.74) is -0.454. The molecule has 43 heavy (non-hydrogen) atoms. The third kappa shape index (κ3) is 14.1. The summed E-state index contributed by atoms with van der Waals surface area (Å²) in [6.07, 6.45) is 2.28. The second-order valence-corrected chi connectivity index (χ2v) is 12.9. The molecule has 0 spiro atoms. The molecular formula is C31H44NO10P. The lowest BCUT2D eigenvalue weighted by Gasteiger charge is -2.30. The van der Waals surface area contributed by atoms with Crippen molar-refractivity contribution < 1.29 is 46.7 Å². The van der Waals surface area contributed by atoms with Crippen LogP contribution < -0.4 is 14.8 Å². The molecule has 11 nitrogen and oxygen atoms in total. The average Bonchev–Trinajstić information content (AvgIpc) is 2.90. The first-order valence-electron chi connectivity index (χ1n) is 14.0. The highest BCUT2D eigenvalue weighted by Crippen LogP contribution is 2.55. The smallest absolute Gasteiger partial charge is 0.478 e. The first-order chi connectivity index (χ1) is 20.1. The second-order valence-electron chi connectivity index (χ2n) is 11.4. The quantitative estimate of drug-likeness (QED) is 0.0706. The van der Waals surface area contributed by atoms with Gasteiger partial charge in [0.2, 0.25) is 6.79 Å². The number of carbonyl (C=O) groups excluding carboxylic acids is 2. The standard InChI is InChI=1S/C31H44NO10P/c1-9-10-18-37-27-20-24(19-25(28(33)36-8)32-29(34)38-21-23-14-12-11-13-15-23)16-17-26(27)39-22-40-43(35,41-30(2,3)4)42-31(5,6)7/h11-17,19-20H,9-10,18,21-22H2,1-8H3,(H,32,34). The van der Waals surface area contributed by atoms with E-state index >= 15 is 0 Å². The van der Waals surface area contributed by atoms with Crippen molar-refractivity contribution in [1.82, 2.24) is 5.32 Å². The number of rotatable bonds is 15. The Labute approximate surface area is 254 Å². The van der Waals surface area contributed by atoms with Crippen molar-refractivity contribution in [3.8, 4) is 11.5 Å². The number of unbranched alkanes of at least 4 members (excludes halogenated alkanes) is 1. The molecule has 2 aromatic carbocycles. The molecule has 0 aromatic heterocycles. The number of ether oxygens (including phenoxy) is 4. The number of hydrogen-bond acceptors (Lipinski definition) is 10. The maximum atomic E-state index is 13.3. The third-order valence-electron chi connectivity index (χ3n) is 5.09. The first kappa shape index (κ1) is 35.8. The van der Waals surface area contributed by atoms with Gasteiger partial charge in [-0.3, -0.25) is 14.4 Å². The molecule has 0 aliphatic carbocycles. The van der Waals surface area contributed by atoms with E-state index in [-0.39, 0.29) is 12.3 Å². The molecule has 2 rings (SSSR count). The van der Waals surface area contributed by atoms with Gasteiger partial charge in [0, 0.05) is 0 Å². The normalized spacial score (nSPS) is 12.4. The molecule has 0 fully saturated rings. The van der Waals surface area contributed by atoms with Crippen LogP contribution in [0.25, 0.3) is 6.08 Å². The van der Waals surface area contributed by atoms with Gasteiger partial charge >= 0.3 is 19.9 Å². The Morgan fingerprint density at radius 2 is 1.56 bits per heavy atom. The summed E-state index contributed by atoms with van der Waals surface area (Å²) < 4.78 is 51.9. The zero-order valence-corrected chi connectivity index (χ0v) is 27.2. The lowest BCUT2D eigenvalue weighted by Crippen LogP contribution is -2.28. The molecule has 2 aromatic rings. The number of carbonyl (C=O) groups is 2. The van der Waals surface area contributed by atoms with E-state index in [9.17, 15) is 14.2 Å². The molecule has 0 bridgehead atoms. The number of phosphoric ester groups is 1. The predicted molar refractivity (Wildman–Crippen MR) is 162 cm³/mol. The van der Waals surface area contributed by atoms with Crippen LogP contribution in [0, 0.1) is 0 Å². The number of phosphoric acid groups is 1. The van der Waals surface area contributed by atoms with Gasteiger partial charge in [0.1, 0.15) is 12.3 Å². The molecule has 12 heteroatoms. The molecule has 0 aliphatic rings. The van der Waals surface area contributed by atoms with Crippen LogP contribution in [-0.4, -0.2) is 43.8 Å². The van der Waals surface area contributed by atoms with E-state index < -0.39 is 37.9 Å². The van der Waals surface area contributed by atoms with Gasteiger partial charge in [-0.2, -0.15) is 0 Å². The van der Waals surface area contributed by atoms with E-state index in [1.165, 1.54) is 13.2 Å². The number of hydrogen-bond donors (Lipinski definition) is 1. The molecule has 0 saturated heterocycles. The van der Waals surface area contributed by atoms with Gasteiger partial charge < -0.3 is 18.9 Å². The maximum absolute atomic E-state index is 13.3. The van der Waals surface area contributed by atoms with Crippen molar-refractivity contribution in [1.29, 1.82) is 0 Å². The molecule has 0 radical (unpaired) electrons. The second kappa shape index (κ2) is 16.5. The highest BCUT2D eigenvalue weighted by molar-refractivity contribution is 7.48. The van der Waals surface area contributed by atoms with Crippen LogP contribution in [-0.2, 0) is 39.0 Å². The summed E-state index contributed by atoms with van der Waals surface area (Å²) in [5.74, 6) is -0.140. The molecule has 1 N–H and O–H groups in total. The Bertz CT molecular complexity index is 1250. The number of alkyl carbamates (subject to hydrolysis) is 1. The van der Waals surface area contributed by atoms with E-state index in [1.54, 1.807) is 59.7 Å². The number of methoxy groups -OCH3 is 1. The van der Waals surface area contributed by atoms with Crippen LogP contribution in [0.5, 0.6) is 11.5 Å². The SMILES string of the molecule is CCCCOc1cc(C=C(NC(=O)OCc2ccccc2)C(=O)OC)ccc1OCOP(=O)(OC(C)(C)C)OC(C)(C)C.